The van der Waals surface area contributed by atoms with Gasteiger partial charge < -0.3 is 10.8 Å². The summed E-state index contributed by atoms with van der Waals surface area (Å²) in [5.74, 6) is -3.27. The first-order chi connectivity index (χ1) is 7.61. The smallest absolute Gasteiger partial charge is 0.203 e. The van der Waals surface area contributed by atoms with Gasteiger partial charge in [0.15, 0.2) is 11.6 Å². The average Bonchev–Trinajstić information content (AvgIpc) is 2.32. The van der Waals surface area contributed by atoms with Gasteiger partial charge in [-0.05, 0) is 11.6 Å². The zero-order valence-electron chi connectivity index (χ0n) is 8.24. The summed E-state index contributed by atoms with van der Waals surface area (Å²) in [4.78, 5) is 0. The van der Waals surface area contributed by atoms with Crippen molar-refractivity contribution in [1.29, 1.82) is 0 Å². The molecule has 0 atom stereocenters. The molecule has 0 aliphatic heterocycles. The fourth-order valence-corrected chi connectivity index (χ4v) is 1.46. The van der Waals surface area contributed by atoms with E-state index in [1.165, 1.54) is 6.07 Å². The first kappa shape index (κ1) is 10.4. The molecule has 0 aromatic heterocycles. The van der Waals surface area contributed by atoms with Crippen molar-refractivity contribution in [3.63, 3.8) is 0 Å². The highest BCUT2D eigenvalue weighted by molar-refractivity contribution is 5.71. The van der Waals surface area contributed by atoms with Gasteiger partial charge in [0.2, 0.25) is 5.82 Å². The Balaban J connectivity index is 2.68. The molecule has 2 rings (SSSR count). The Morgan fingerprint density at radius 3 is 2.25 bits per heavy atom. The number of hydrogen-bond donors (Lipinski definition) is 2. The van der Waals surface area contributed by atoms with E-state index in [9.17, 15) is 8.78 Å². The first-order valence-electron chi connectivity index (χ1n) is 4.63. The van der Waals surface area contributed by atoms with Crippen molar-refractivity contribution in [2.24, 2.45) is 0 Å². The molecular weight excluding hydrogens is 212 g/mol. The van der Waals surface area contributed by atoms with Gasteiger partial charge in [0.1, 0.15) is 0 Å². The number of phenolic OH excluding ortho intramolecular Hbond substituents is 1. The number of hydrogen-bond acceptors (Lipinski definition) is 2. The number of rotatable bonds is 1. The number of halogens is 2. The van der Waals surface area contributed by atoms with E-state index in [2.05, 4.69) is 0 Å². The van der Waals surface area contributed by atoms with Crippen LogP contribution in [0.3, 0.4) is 0 Å². The van der Waals surface area contributed by atoms with E-state index in [1.54, 1.807) is 30.3 Å². The Morgan fingerprint density at radius 2 is 1.62 bits per heavy atom. The van der Waals surface area contributed by atoms with Crippen LogP contribution in [-0.4, -0.2) is 5.11 Å². The van der Waals surface area contributed by atoms with E-state index >= 15 is 0 Å². The van der Waals surface area contributed by atoms with Crippen LogP contribution >= 0.6 is 0 Å². The topological polar surface area (TPSA) is 46.2 Å². The van der Waals surface area contributed by atoms with Gasteiger partial charge in [-0.15, -0.1) is 0 Å². The highest BCUT2D eigenvalue weighted by Gasteiger charge is 2.17. The van der Waals surface area contributed by atoms with Gasteiger partial charge in [0.05, 0.1) is 5.69 Å². The molecule has 0 unspecified atom stereocenters. The van der Waals surface area contributed by atoms with Crippen LogP contribution in [0.4, 0.5) is 14.5 Å². The molecule has 0 spiro atoms. The second-order valence-corrected chi connectivity index (χ2v) is 3.36. The molecule has 0 amide bonds. The van der Waals surface area contributed by atoms with E-state index in [0.717, 1.165) is 0 Å². The summed E-state index contributed by atoms with van der Waals surface area (Å²) in [5.41, 5.74) is 5.73. The maximum Gasteiger partial charge on any atom is 0.203 e. The highest BCUT2D eigenvalue weighted by atomic mass is 19.2. The SMILES string of the molecule is Nc1cc(-c2ccccc2)c(F)c(F)c1O. The van der Waals surface area contributed by atoms with Crippen molar-refractivity contribution in [2.75, 3.05) is 5.73 Å². The van der Waals surface area contributed by atoms with E-state index < -0.39 is 17.4 Å². The van der Waals surface area contributed by atoms with Crippen LogP contribution in [0.25, 0.3) is 11.1 Å². The van der Waals surface area contributed by atoms with Gasteiger partial charge in [-0.25, -0.2) is 4.39 Å². The molecule has 16 heavy (non-hydrogen) atoms. The molecule has 0 radical (unpaired) electrons. The molecule has 3 N–H and O–H groups in total. The third kappa shape index (κ3) is 1.58. The van der Waals surface area contributed by atoms with Crippen LogP contribution in [0.5, 0.6) is 5.75 Å². The standard InChI is InChI=1S/C12H9F2NO/c13-10-8(7-4-2-1-3-5-7)6-9(15)12(16)11(10)14/h1-6,16H,15H2. The number of aromatic hydroxyl groups is 1. The molecule has 0 saturated carbocycles. The van der Waals surface area contributed by atoms with Crippen molar-refractivity contribution in [3.8, 4) is 16.9 Å². The van der Waals surface area contributed by atoms with Crippen molar-refractivity contribution < 1.29 is 13.9 Å². The summed E-state index contributed by atoms with van der Waals surface area (Å²) in [6, 6.07) is 9.65. The Morgan fingerprint density at radius 1 is 1.00 bits per heavy atom. The molecule has 0 bridgehead atoms. The third-order valence-electron chi connectivity index (χ3n) is 2.30. The normalized spacial score (nSPS) is 10.4. The number of benzene rings is 2. The van der Waals surface area contributed by atoms with Gasteiger partial charge in [0, 0.05) is 5.56 Å². The van der Waals surface area contributed by atoms with Crippen molar-refractivity contribution in [3.05, 3.63) is 48.0 Å². The minimum Gasteiger partial charge on any atom is -0.503 e. The lowest BCUT2D eigenvalue weighted by molar-refractivity contribution is 0.410. The molecule has 0 heterocycles. The average molecular weight is 221 g/mol. The fraction of sp³-hybridized carbons (Fsp3) is 0. The third-order valence-corrected chi connectivity index (χ3v) is 2.30. The van der Waals surface area contributed by atoms with E-state index in [1.807, 2.05) is 0 Å². The van der Waals surface area contributed by atoms with Crippen molar-refractivity contribution >= 4 is 5.69 Å². The van der Waals surface area contributed by atoms with E-state index in [4.69, 9.17) is 10.8 Å². The van der Waals surface area contributed by atoms with Gasteiger partial charge in [0.25, 0.3) is 0 Å². The predicted molar refractivity (Wildman–Crippen MR) is 57.9 cm³/mol. The Labute approximate surface area is 91.0 Å². The molecule has 2 aromatic carbocycles. The van der Waals surface area contributed by atoms with Crippen LogP contribution in [0.1, 0.15) is 0 Å². The second-order valence-electron chi connectivity index (χ2n) is 3.36. The zero-order chi connectivity index (χ0) is 11.7. The van der Waals surface area contributed by atoms with Crippen LogP contribution in [0.15, 0.2) is 36.4 Å². The quantitative estimate of drug-likeness (QED) is 0.574. The maximum atomic E-state index is 13.5. The molecule has 4 heteroatoms. The Bertz CT molecular complexity index is 526. The summed E-state index contributed by atoms with van der Waals surface area (Å²) >= 11 is 0. The van der Waals surface area contributed by atoms with Crippen molar-refractivity contribution in [1.82, 2.24) is 0 Å². The monoisotopic (exact) mass is 221 g/mol. The maximum absolute atomic E-state index is 13.5. The van der Waals surface area contributed by atoms with Crippen LogP contribution in [0.2, 0.25) is 0 Å². The molecule has 0 aliphatic carbocycles. The zero-order valence-corrected chi connectivity index (χ0v) is 8.24. The van der Waals surface area contributed by atoms with E-state index in [-0.39, 0.29) is 11.3 Å². The molecule has 2 nitrogen and oxygen atoms in total. The largest absolute Gasteiger partial charge is 0.503 e. The molecular formula is C12H9F2NO. The van der Waals surface area contributed by atoms with E-state index in [0.29, 0.717) is 5.56 Å². The summed E-state index contributed by atoms with van der Waals surface area (Å²) in [7, 11) is 0. The highest BCUT2D eigenvalue weighted by Crippen LogP contribution is 2.33. The van der Waals surface area contributed by atoms with Crippen molar-refractivity contribution in [2.45, 2.75) is 0 Å². The number of anilines is 1. The van der Waals surface area contributed by atoms with Crippen LogP contribution in [0, 0.1) is 11.6 Å². The first-order valence-corrected chi connectivity index (χ1v) is 4.63. The van der Waals surface area contributed by atoms with Crippen LogP contribution < -0.4 is 5.73 Å². The summed E-state index contributed by atoms with van der Waals surface area (Å²) in [6.07, 6.45) is 0. The number of nitrogens with two attached hydrogens (primary N) is 1. The number of nitrogen functional groups attached to an aromatic ring is 1. The fourth-order valence-electron chi connectivity index (χ4n) is 1.46. The predicted octanol–water partition coefficient (Wildman–Crippen LogP) is 2.92. The minimum atomic E-state index is -1.32. The minimum absolute atomic E-state index is 0.0356. The van der Waals surface area contributed by atoms with Gasteiger partial charge in [-0.1, -0.05) is 30.3 Å². The molecule has 0 aliphatic rings. The molecule has 0 saturated heterocycles. The van der Waals surface area contributed by atoms with Crippen LogP contribution in [-0.2, 0) is 0 Å². The second kappa shape index (κ2) is 3.81. The lowest BCUT2D eigenvalue weighted by Gasteiger charge is -2.07. The summed E-state index contributed by atoms with van der Waals surface area (Å²) < 4.78 is 26.8. The Hall–Kier alpha value is -2.10. The summed E-state index contributed by atoms with van der Waals surface area (Å²) in [6.45, 7) is 0. The number of phenols is 1. The summed E-state index contributed by atoms with van der Waals surface area (Å²) in [5, 5.41) is 9.12. The molecule has 82 valence electrons. The van der Waals surface area contributed by atoms with Gasteiger partial charge in [-0.2, -0.15) is 4.39 Å². The lowest BCUT2D eigenvalue weighted by atomic mass is 10.0. The lowest BCUT2D eigenvalue weighted by Crippen LogP contribution is -1.95. The molecule has 2 aromatic rings. The molecule has 0 fully saturated rings. The van der Waals surface area contributed by atoms with Gasteiger partial charge in [-0.3, -0.25) is 0 Å². The van der Waals surface area contributed by atoms with Gasteiger partial charge >= 0.3 is 0 Å². The Kier molecular flexibility index (Phi) is 2.48.